The molecule has 0 radical (unpaired) electrons. The fourth-order valence-electron chi connectivity index (χ4n) is 1.94. The molecule has 0 fully saturated rings. The Balaban J connectivity index is 1.76. The van der Waals surface area contributed by atoms with Crippen LogP contribution in [0.4, 0.5) is 0 Å². The molecule has 0 amide bonds. The normalized spacial score (nSPS) is 10.8. The molecule has 3 aromatic rings. The maximum Gasteiger partial charge on any atom is 0.128 e. The number of hydrogen-bond acceptors (Lipinski definition) is 2. The number of H-pyrrole nitrogens is 1. The Hall–Kier alpha value is -1.94. The van der Waals surface area contributed by atoms with E-state index in [2.05, 4.69) is 33.0 Å². The highest BCUT2D eigenvalue weighted by Gasteiger charge is 2.02. The molecule has 1 aromatic heterocycles. The third kappa shape index (κ3) is 2.74. The Kier molecular flexibility index (Phi) is 3.17. The van der Waals surface area contributed by atoms with E-state index in [4.69, 9.17) is 4.74 Å². The number of aromatic hydroxyl groups is 1. The van der Waals surface area contributed by atoms with Crippen molar-refractivity contribution in [1.82, 2.24) is 4.98 Å². The molecule has 3 rings (SSSR count). The second kappa shape index (κ2) is 4.97. The fraction of sp³-hybridized carbons (Fsp3) is 0.0667. The third-order valence-electron chi connectivity index (χ3n) is 2.87. The highest BCUT2D eigenvalue weighted by Crippen LogP contribution is 2.22. The van der Waals surface area contributed by atoms with Crippen LogP contribution in [0.25, 0.3) is 10.9 Å². The Labute approximate surface area is 119 Å². The lowest BCUT2D eigenvalue weighted by atomic mass is 10.2. The van der Waals surface area contributed by atoms with Crippen LogP contribution >= 0.6 is 15.9 Å². The van der Waals surface area contributed by atoms with Crippen molar-refractivity contribution in [3.63, 3.8) is 0 Å². The minimum atomic E-state index is 0.239. The Morgan fingerprint density at radius 2 is 1.84 bits per heavy atom. The molecule has 2 aromatic carbocycles. The molecule has 0 aliphatic carbocycles. The topological polar surface area (TPSA) is 45.2 Å². The molecule has 0 aliphatic rings. The van der Waals surface area contributed by atoms with Crippen molar-refractivity contribution in [2.75, 3.05) is 0 Å². The Morgan fingerprint density at radius 3 is 2.63 bits per heavy atom. The minimum absolute atomic E-state index is 0.239. The summed E-state index contributed by atoms with van der Waals surface area (Å²) >= 11 is 3.45. The molecule has 2 N–H and O–H groups in total. The average Bonchev–Trinajstić information content (AvgIpc) is 2.80. The molecular weight excluding hydrogens is 306 g/mol. The van der Waals surface area contributed by atoms with E-state index in [1.807, 2.05) is 12.1 Å². The van der Waals surface area contributed by atoms with E-state index in [0.717, 1.165) is 26.8 Å². The predicted octanol–water partition coefficient (Wildman–Crippen LogP) is 4.22. The van der Waals surface area contributed by atoms with Crippen LogP contribution in [0.3, 0.4) is 0 Å². The van der Waals surface area contributed by atoms with Gasteiger partial charge in [-0.3, -0.25) is 0 Å². The second-order valence-electron chi connectivity index (χ2n) is 4.31. The van der Waals surface area contributed by atoms with Gasteiger partial charge in [-0.05, 0) is 47.9 Å². The molecular formula is C15H12BrNO2. The van der Waals surface area contributed by atoms with Crippen LogP contribution in [0, 0.1) is 0 Å². The summed E-state index contributed by atoms with van der Waals surface area (Å²) in [6.45, 7) is 0.469. The first-order chi connectivity index (χ1) is 9.20. The van der Waals surface area contributed by atoms with E-state index in [0.29, 0.717) is 6.61 Å². The summed E-state index contributed by atoms with van der Waals surface area (Å²) in [5.74, 6) is 0.973. The number of halogens is 1. The molecule has 0 saturated heterocycles. The van der Waals surface area contributed by atoms with Crippen LogP contribution < -0.4 is 4.74 Å². The lowest BCUT2D eigenvalue weighted by Crippen LogP contribution is -1.94. The number of phenolic OH excluding ortho intramolecular Hbond substituents is 1. The first-order valence-electron chi connectivity index (χ1n) is 5.90. The van der Waals surface area contributed by atoms with Crippen LogP contribution in [-0.2, 0) is 6.61 Å². The smallest absolute Gasteiger partial charge is 0.128 e. The average molecular weight is 318 g/mol. The summed E-state index contributed by atoms with van der Waals surface area (Å²) in [6, 6.07) is 14.9. The number of phenols is 1. The van der Waals surface area contributed by atoms with Crippen molar-refractivity contribution in [1.29, 1.82) is 0 Å². The van der Waals surface area contributed by atoms with Gasteiger partial charge in [0.15, 0.2) is 0 Å². The van der Waals surface area contributed by atoms with Crippen LogP contribution in [0.5, 0.6) is 11.5 Å². The zero-order valence-electron chi connectivity index (χ0n) is 10.1. The summed E-state index contributed by atoms with van der Waals surface area (Å²) in [5, 5.41) is 10.4. The van der Waals surface area contributed by atoms with Crippen molar-refractivity contribution in [3.8, 4) is 11.5 Å². The standard InChI is InChI=1S/C15H12BrNO2/c16-11-2-1-10-7-12(17-15(10)8-11)9-19-14-5-3-13(18)4-6-14/h1-8,17-18H,9H2. The van der Waals surface area contributed by atoms with Crippen molar-refractivity contribution in [2.45, 2.75) is 6.61 Å². The number of aromatic nitrogens is 1. The molecule has 0 spiro atoms. The van der Waals surface area contributed by atoms with E-state index < -0.39 is 0 Å². The number of rotatable bonds is 3. The lowest BCUT2D eigenvalue weighted by Gasteiger charge is -2.04. The van der Waals surface area contributed by atoms with Gasteiger partial charge in [-0.1, -0.05) is 22.0 Å². The van der Waals surface area contributed by atoms with Gasteiger partial charge in [-0.25, -0.2) is 0 Å². The van der Waals surface area contributed by atoms with Crippen molar-refractivity contribution >= 4 is 26.8 Å². The molecule has 1 heterocycles. The number of ether oxygens (including phenoxy) is 1. The van der Waals surface area contributed by atoms with E-state index in [-0.39, 0.29) is 5.75 Å². The molecule has 0 aliphatic heterocycles. The zero-order chi connectivity index (χ0) is 13.2. The van der Waals surface area contributed by atoms with Gasteiger partial charge in [0, 0.05) is 9.99 Å². The van der Waals surface area contributed by atoms with Gasteiger partial charge in [0.05, 0.1) is 5.69 Å². The first kappa shape index (κ1) is 12.1. The summed E-state index contributed by atoms with van der Waals surface area (Å²) in [4.78, 5) is 3.31. The summed E-state index contributed by atoms with van der Waals surface area (Å²) in [6.07, 6.45) is 0. The van der Waals surface area contributed by atoms with Crippen molar-refractivity contribution in [2.24, 2.45) is 0 Å². The van der Waals surface area contributed by atoms with Gasteiger partial charge >= 0.3 is 0 Å². The summed E-state index contributed by atoms with van der Waals surface area (Å²) < 4.78 is 6.70. The predicted molar refractivity (Wildman–Crippen MR) is 78.4 cm³/mol. The number of nitrogens with one attached hydrogen (secondary N) is 1. The summed E-state index contributed by atoms with van der Waals surface area (Å²) in [7, 11) is 0. The molecule has 0 saturated carbocycles. The molecule has 4 heteroatoms. The van der Waals surface area contributed by atoms with Gasteiger partial charge < -0.3 is 14.8 Å². The van der Waals surface area contributed by atoms with Gasteiger partial charge in [-0.15, -0.1) is 0 Å². The van der Waals surface area contributed by atoms with Crippen LogP contribution in [0.1, 0.15) is 5.69 Å². The van der Waals surface area contributed by atoms with E-state index in [1.54, 1.807) is 24.3 Å². The summed E-state index contributed by atoms with van der Waals surface area (Å²) in [5.41, 5.74) is 2.10. The highest BCUT2D eigenvalue weighted by molar-refractivity contribution is 9.10. The number of hydrogen-bond donors (Lipinski definition) is 2. The van der Waals surface area contributed by atoms with E-state index >= 15 is 0 Å². The molecule has 0 bridgehead atoms. The van der Waals surface area contributed by atoms with Gasteiger partial charge in [0.1, 0.15) is 18.1 Å². The molecule has 0 atom stereocenters. The number of benzene rings is 2. The first-order valence-corrected chi connectivity index (χ1v) is 6.69. The lowest BCUT2D eigenvalue weighted by molar-refractivity contribution is 0.302. The zero-order valence-corrected chi connectivity index (χ0v) is 11.6. The van der Waals surface area contributed by atoms with Gasteiger partial charge in [0.2, 0.25) is 0 Å². The largest absolute Gasteiger partial charge is 0.508 e. The van der Waals surface area contributed by atoms with Crippen LogP contribution in [0.2, 0.25) is 0 Å². The Morgan fingerprint density at radius 1 is 1.05 bits per heavy atom. The van der Waals surface area contributed by atoms with Crippen molar-refractivity contribution in [3.05, 3.63) is 58.7 Å². The molecule has 0 unspecified atom stereocenters. The molecule has 3 nitrogen and oxygen atoms in total. The van der Waals surface area contributed by atoms with E-state index in [1.165, 1.54) is 0 Å². The Bertz CT molecular complexity index is 704. The monoisotopic (exact) mass is 317 g/mol. The molecule has 19 heavy (non-hydrogen) atoms. The maximum absolute atomic E-state index is 9.20. The maximum atomic E-state index is 9.20. The number of fused-ring (bicyclic) bond motifs is 1. The molecule has 96 valence electrons. The fourth-order valence-corrected chi connectivity index (χ4v) is 2.30. The highest BCUT2D eigenvalue weighted by atomic mass is 79.9. The quantitative estimate of drug-likeness (QED) is 0.759. The van der Waals surface area contributed by atoms with Gasteiger partial charge in [-0.2, -0.15) is 0 Å². The minimum Gasteiger partial charge on any atom is -0.508 e. The van der Waals surface area contributed by atoms with Gasteiger partial charge in [0.25, 0.3) is 0 Å². The van der Waals surface area contributed by atoms with Crippen LogP contribution in [0.15, 0.2) is 53.0 Å². The van der Waals surface area contributed by atoms with E-state index in [9.17, 15) is 5.11 Å². The van der Waals surface area contributed by atoms with Crippen molar-refractivity contribution < 1.29 is 9.84 Å². The van der Waals surface area contributed by atoms with Crippen LogP contribution in [-0.4, -0.2) is 10.1 Å². The SMILES string of the molecule is Oc1ccc(OCc2cc3ccc(Br)cc3[nH]2)cc1. The second-order valence-corrected chi connectivity index (χ2v) is 5.22. The third-order valence-corrected chi connectivity index (χ3v) is 3.36. The number of aromatic amines is 1.